The summed E-state index contributed by atoms with van der Waals surface area (Å²) >= 11 is 2.10. The number of thiophene rings is 1. The van der Waals surface area contributed by atoms with Crippen LogP contribution in [0.25, 0.3) is 0 Å². The van der Waals surface area contributed by atoms with Crippen LogP contribution in [0, 0.1) is 10.1 Å². The van der Waals surface area contributed by atoms with Gasteiger partial charge in [-0.2, -0.15) is 0 Å². The fourth-order valence-corrected chi connectivity index (χ4v) is 3.09. The van der Waals surface area contributed by atoms with Crippen molar-refractivity contribution < 1.29 is 14.1 Å². The van der Waals surface area contributed by atoms with Gasteiger partial charge in [-0.05, 0) is 18.7 Å². The maximum absolute atomic E-state index is 11.2. The number of oxazole rings is 1. The zero-order chi connectivity index (χ0) is 12.4. The lowest BCUT2D eigenvalue weighted by Crippen LogP contribution is -1.87. The van der Waals surface area contributed by atoms with Crippen LogP contribution in [0.1, 0.15) is 16.6 Å². The van der Waals surface area contributed by atoms with Gasteiger partial charge in [-0.3, -0.25) is 14.9 Å². The van der Waals surface area contributed by atoms with Crippen LogP contribution in [0.5, 0.6) is 0 Å². The largest absolute Gasteiger partial charge is 0.440 e. The van der Waals surface area contributed by atoms with Crippen molar-refractivity contribution in [2.75, 3.05) is 0 Å². The average Bonchev–Trinajstić information content (AvgIpc) is 2.87. The van der Waals surface area contributed by atoms with E-state index >= 15 is 0 Å². The molecule has 2 aromatic heterocycles. The van der Waals surface area contributed by atoms with Crippen LogP contribution in [-0.2, 0) is 0 Å². The van der Waals surface area contributed by atoms with Gasteiger partial charge in [-0.25, -0.2) is 4.98 Å². The molecule has 0 unspecified atom stereocenters. The van der Waals surface area contributed by atoms with Crippen LogP contribution in [0.3, 0.4) is 0 Å². The lowest BCUT2D eigenvalue weighted by atomic mass is 10.3. The van der Waals surface area contributed by atoms with E-state index in [1.807, 2.05) is 0 Å². The Bertz CT molecular complexity index is 562. The van der Waals surface area contributed by atoms with Crippen molar-refractivity contribution in [1.29, 1.82) is 0 Å². The summed E-state index contributed by atoms with van der Waals surface area (Å²) in [6, 6.07) is 1.28. The molecule has 0 aromatic carbocycles. The number of aromatic nitrogens is 1. The van der Waals surface area contributed by atoms with Crippen molar-refractivity contribution in [1.82, 2.24) is 4.98 Å². The molecule has 0 atom stereocenters. The monoisotopic (exact) mass is 270 g/mol. The lowest BCUT2D eigenvalue weighted by molar-refractivity contribution is -0.387. The highest BCUT2D eigenvalue weighted by Gasteiger charge is 2.22. The highest BCUT2D eigenvalue weighted by atomic mass is 32.2. The van der Waals surface area contributed by atoms with Crippen LogP contribution in [-0.4, -0.2) is 15.7 Å². The third-order valence-electron chi connectivity index (χ3n) is 1.81. The molecular formula is C9H6N2O4S2. The molecule has 0 saturated carbocycles. The van der Waals surface area contributed by atoms with E-state index < -0.39 is 4.92 Å². The topological polar surface area (TPSA) is 86.2 Å². The number of rotatable bonds is 4. The molecule has 0 fully saturated rings. The summed E-state index contributed by atoms with van der Waals surface area (Å²) in [4.78, 5) is 25.7. The second-order valence-electron chi connectivity index (χ2n) is 3.00. The van der Waals surface area contributed by atoms with Gasteiger partial charge in [0.05, 0.1) is 16.0 Å². The van der Waals surface area contributed by atoms with Gasteiger partial charge in [0.25, 0.3) is 10.9 Å². The molecule has 0 amide bonds. The zero-order valence-electron chi connectivity index (χ0n) is 8.58. The first-order valence-corrected chi connectivity index (χ1v) is 6.07. The van der Waals surface area contributed by atoms with Gasteiger partial charge in [-0.1, -0.05) is 0 Å². The molecule has 6 nitrogen and oxygen atoms in total. The molecule has 0 N–H and O–H groups in total. The Morgan fingerprint density at radius 1 is 1.65 bits per heavy atom. The smallest absolute Gasteiger partial charge is 0.294 e. The molecule has 0 spiro atoms. The summed E-state index contributed by atoms with van der Waals surface area (Å²) in [5.74, 6) is -0.197. The lowest BCUT2D eigenvalue weighted by Gasteiger charge is -1.91. The number of nitrogens with zero attached hydrogens (tertiary/aromatic N) is 2. The minimum Gasteiger partial charge on any atom is -0.440 e. The van der Waals surface area contributed by atoms with Gasteiger partial charge >= 0.3 is 0 Å². The van der Waals surface area contributed by atoms with Crippen molar-refractivity contribution in [3.8, 4) is 0 Å². The summed E-state index contributed by atoms with van der Waals surface area (Å²) in [6.07, 6.45) is 2.83. The number of nitro groups is 1. The average molecular weight is 270 g/mol. The predicted octanol–water partition coefficient (Wildman–Crippen LogP) is 3.00. The molecule has 0 aliphatic carbocycles. The standard InChI is InChI=1S/C9H6N2O4S2/c1-5(12)7-4-6(11(13)14)8(16-7)17-9-10-2-3-15-9/h2-4H,1H3. The first kappa shape index (κ1) is 11.8. The zero-order valence-corrected chi connectivity index (χ0v) is 10.2. The first-order chi connectivity index (χ1) is 8.08. The number of carbonyl (C=O) groups excluding carboxylic acids is 1. The highest BCUT2D eigenvalue weighted by Crippen LogP contribution is 2.40. The summed E-state index contributed by atoms with van der Waals surface area (Å²) in [5, 5.41) is 11.1. The quantitative estimate of drug-likeness (QED) is 0.482. The molecule has 88 valence electrons. The number of hydrogen-bond acceptors (Lipinski definition) is 7. The summed E-state index contributed by atoms with van der Waals surface area (Å²) in [6.45, 7) is 1.37. The van der Waals surface area contributed by atoms with Crippen molar-refractivity contribution >= 4 is 34.6 Å². The third kappa shape index (κ3) is 2.53. The van der Waals surface area contributed by atoms with E-state index in [0.29, 0.717) is 14.3 Å². The molecule has 17 heavy (non-hydrogen) atoms. The fraction of sp³-hybridized carbons (Fsp3) is 0.111. The maximum atomic E-state index is 11.2. The van der Waals surface area contributed by atoms with Crippen LogP contribution in [0.2, 0.25) is 0 Å². The Hall–Kier alpha value is -1.67. The van der Waals surface area contributed by atoms with Crippen molar-refractivity contribution in [3.05, 3.63) is 33.5 Å². The Morgan fingerprint density at radius 2 is 2.41 bits per heavy atom. The Morgan fingerprint density at radius 3 is 2.94 bits per heavy atom. The van der Waals surface area contributed by atoms with E-state index in [9.17, 15) is 14.9 Å². The minimum absolute atomic E-state index is 0.0941. The fourth-order valence-electron chi connectivity index (χ4n) is 1.08. The summed E-state index contributed by atoms with van der Waals surface area (Å²) < 4.78 is 5.38. The van der Waals surface area contributed by atoms with Crippen molar-refractivity contribution in [2.45, 2.75) is 16.4 Å². The van der Waals surface area contributed by atoms with Gasteiger partial charge in [-0.15, -0.1) is 11.3 Å². The Balaban J connectivity index is 2.37. The number of ketones is 1. The maximum Gasteiger partial charge on any atom is 0.294 e. The molecule has 0 saturated heterocycles. The van der Waals surface area contributed by atoms with Gasteiger partial charge < -0.3 is 4.42 Å². The molecule has 0 aliphatic heterocycles. The summed E-state index contributed by atoms with van der Waals surface area (Å²) in [5.41, 5.74) is -0.0941. The van der Waals surface area contributed by atoms with E-state index in [2.05, 4.69) is 4.98 Å². The molecule has 2 heterocycles. The van der Waals surface area contributed by atoms with Crippen molar-refractivity contribution in [3.63, 3.8) is 0 Å². The van der Waals surface area contributed by atoms with Gasteiger partial charge in [0, 0.05) is 6.07 Å². The molecule has 2 rings (SSSR count). The highest BCUT2D eigenvalue weighted by molar-refractivity contribution is 8.01. The third-order valence-corrected chi connectivity index (χ3v) is 4.10. The summed E-state index contributed by atoms with van der Waals surface area (Å²) in [7, 11) is 0. The normalized spacial score (nSPS) is 10.4. The molecule has 0 bridgehead atoms. The van der Waals surface area contributed by atoms with Crippen LogP contribution in [0.4, 0.5) is 5.69 Å². The van der Waals surface area contributed by atoms with Crippen LogP contribution >= 0.6 is 23.1 Å². The Kier molecular flexibility index (Phi) is 3.25. The van der Waals surface area contributed by atoms with E-state index in [0.717, 1.165) is 23.1 Å². The van der Waals surface area contributed by atoms with Gasteiger partial charge in [0.15, 0.2) is 5.78 Å². The second kappa shape index (κ2) is 4.68. The SMILES string of the molecule is CC(=O)c1cc([N+](=O)[O-])c(Sc2ncco2)s1. The Labute approximate surface area is 104 Å². The van der Waals surface area contributed by atoms with E-state index in [-0.39, 0.29) is 11.5 Å². The molecule has 2 aromatic rings. The van der Waals surface area contributed by atoms with Gasteiger partial charge in [0.1, 0.15) is 10.5 Å². The predicted molar refractivity (Wildman–Crippen MR) is 61.6 cm³/mol. The number of hydrogen-bond donors (Lipinski definition) is 0. The number of Topliss-reactive ketones (excluding diaryl/α,β-unsaturated/α-hetero) is 1. The molecule has 8 heteroatoms. The molecule has 0 aliphatic rings. The molecular weight excluding hydrogens is 264 g/mol. The van der Waals surface area contributed by atoms with E-state index in [1.165, 1.54) is 25.5 Å². The van der Waals surface area contributed by atoms with E-state index in [4.69, 9.17) is 4.42 Å². The second-order valence-corrected chi connectivity index (χ2v) is 5.27. The first-order valence-electron chi connectivity index (χ1n) is 4.44. The minimum atomic E-state index is -0.520. The van der Waals surface area contributed by atoms with E-state index in [1.54, 1.807) is 0 Å². The van der Waals surface area contributed by atoms with Crippen molar-refractivity contribution in [2.24, 2.45) is 0 Å². The number of carbonyl (C=O) groups is 1. The molecule has 0 radical (unpaired) electrons. The van der Waals surface area contributed by atoms with Crippen LogP contribution in [0.15, 0.2) is 32.4 Å². The van der Waals surface area contributed by atoms with Crippen LogP contribution < -0.4 is 0 Å². The van der Waals surface area contributed by atoms with Gasteiger partial charge in [0.2, 0.25) is 0 Å².